The summed E-state index contributed by atoms with van der Waals surface area (Å²) in [5.41, 5.74) is 1.58. The lowest BCUT2D eigenvalue weighted by Crippen LogP contribution is -2.48. The van der Waals surface area contributed by atoms with Crippen molar-refractivity contribution in [3.8, 4) is 5.75 Å². The Kier molecular flexibility index (Phi) is 6.15. The third-order valence-corrected chi connectivity index (χ3v) is 7.08. The van der Waals surface area contributed by atoms with Crippen LogP contribution in [0, 0.1) is 0 Å². The summed E-state index contributed by atoms with van der Waals surface area (Å²) in [6.07, 6.45) is 8.64. The molecule has 1 aromatic carbocycles. The summed E-state index contributed by atoms with van der Waals surface area (Å²) in [6.45, 7) is 3.79. The summed E-state index contributed by atoms with van der Waals surface area (Å²) in [5, 5.41) is 0. The standard InChI is InChI=1S/C19H28N2O3S/c1-24-18-7-9-19(10-8-18)25(22,23)21-15-13-20(14-16-21)12-11-17-5-3-2-4-6-17/h5,7-10H,2-4,6,11-16H2,1H3. The molecule has 25 heavy (non-hydrogen) atoms. The van der Waals surface area contributed by atoms with E-state index in [2.05, 4.69) is 11.0 Å². The predicted octanol–water partition coefficient (Wildman–Crippen LogP) is 2.89. The molecule has 0 spiro atoms. The maximum absolute atomic E-state index is 12.8. The van der Waals surface area contributed by atoms with Crippen LogP contribution in [0.1, 0.15) is 32.1 Å². The monoisotopic (exact) mass is 364 g/mol. The molecule has 1 saturated heterocycles. The maximum Gasteiger partial charge on any atom is 0.243 e. The summed E-state index contributed by atoms with van der Waals surface area (Å²) >= 11 is 0. The molecule has 0 unspecified atom stereocenters. The van der Waals surface area contributed by atoms with E-state index in [9.17, 15) is 8.42 Å². The van der Waals surface area contributed by atoms with Crippen molar-refractivity contribution in [2.24, 2.45) is 0 Å². The molecule has 0 aromatic heterocycles. The highest BCUT2D eigenvalue weighted by molar-refractivity contribution is 7.89. The zero-order valence-electron chi connectivity index (χ0n) is 15.0. The molecule has 0 N–H and O–H groups in total. The van der Waals surface area contributed by atoms with Crippen molar-refractivity contribution in [3.63, 3.8) is 0 Å². The molecule has 1 aromatic rings. The van der Waals surface area contributed by atoms with E-state index in [0.29, 0.717) is 23.7 Å². The average Bonchev–Trinajstić information content (AvgIpc) is 2.67. The first-order chi connectivity index (χ1) is 12.1. The first kappa shape index (κ1) is 18.4. The maximum atomic E-state index is 12.8. The van der Waals surface area contributed by atoms with Crippen LogP contribution in [0.5, 0.6) is 5.75 Å². The van der Waals surface area contributed by atoms with Crippen LogP contribution in [0.4, 0.5) is 0 Å². The number of rotatable bonds is 6. The first-order valence-electron chi connectivity index (χ1n) is 9.14. The first-order valence-corrected chi connectivity index (χ1v) is 10.6. The van der Waals surface area contributed by atoms with E-state index in [0.717, 1.165) is 26.1 Å². The molecular weight excluding hydrogens is 336 g/mol. The van der Waals surface area contributed by atoms with E-state index < -0.39 is 10.0 Å². The van der Waals surface area contributed by atoms with Crippen LogP contribution < -0.4 is 4.74 Å². The van der Waals surface area contributed by atoms with E-state index in [1.54, 1.807) is 41.3 Å². The van der Waals surface area contributed by atoms with Crippen molar-refractivity contribution >= 4 is 10.0 Å². The SMILES string of the molecule is COc1ccc(S(=O)(=O)N2CCN(CCC3=CCCCC3)CC2)cc1. The molecule has 0 bridgehead atoms. The van der Waals surface area contributed by atoms with Crippen LogP contribution in [0.15, 0.2) is 40.8 Å². The van der Waals surface area contributed by atoms with Crippen LogP contribution in [-0.4, -0.2) is 57.5 Å². The van der Waals surface area contributed by atoms with Crippen molar-refractivity contribution in [1.82, 2.24) is 9.21 Å². The van der Waals surface area contributed by atoms with Gasteiger partial charge in [0.05, 0.1) is 12.0 Å². The zero-order chi connectivity index (χ0) is 17.7. The second kappa shape index (κ2) is 8.34. The van der Waals surface area contributed by atoms with Gasteiger partial charge in [-0.1, -0.05) is 11.6 Å². The lowest BCUT2D eigenvalue weighted by Gasteiger charge is -2.34. The molecule has 0 atom stereocenters. The second-order valence-electron chi connectivity index (χ2n) is 6.78. The number of hydrogen-bond donors (Lipinski definition) is 0. The third kappa shape index (κ3) is 4.63. The van der Waals surface area contributed by atoms with Crippen molar-refractivity contribution in [2.75, 3.05) is 39.8 Å². The molecule has 1 aliphatic heterocycles. The quantitative estimate of drug-likeness (QED) is 0.729. The van der Waals surface area contributed by atoms with Crippen molar-refractivity contribution < 1.29 is 13.2 Å². The van der Waals surface area contributed by atoms with Gasteiger partial charge in [0.15, 0.2) is 0 Å². The third-order valence-electron chi connectivity index (χ3n) is 5.16. The van der Waals surface area contributed by atoms with E-state index in [1.165, 1.54) is 25.7 Å². The highest BCUT2D eigenvalue weighted by Crippen LogP contribution is 2.22. The van der Waals surface area contributed by atoms with Gasteiger partial charge in [-0.05, 0) is 56.4 Å². The number of piperazine rings is 1. The van der Waals surface area contributed by atoms with Crippen molar-refractivity contribution in [1.29, 1.82) is 0 Å². The number of benzene rings is 1. The second-order valence-corrected chi connectivity index (χ2v) is 8.72. The summed E-state index contributed by atoms with van der Waals surface area (Å²) in [5.74, 6) is 0.667. The highest BCUT2D eigenvalue weighted by atomic mass is 32.2. The summed E-state index contributed by atoms with van der Waals surface area (Å²) < 4.78 is 32.2. The van der Waals surface area contributed by atoms with Crippen LogP contribution >= 0.6 is 0 Å². The Hall–Kier alpha value is -1.37. The Morgan fingerprint density at radius 1 is 1.04 bits per heavy atom. The molecule has 1 fully saturated rings. The number of allylic oxidation sites excluding steroid dienone is 1. The predicted molar refractivity (Wildman–Crippen MR) is 99.4 cm³/mol. The molecule has 1 heterocycles. The van der Waals surface area contributed by atoms with Gasteiger partial charge in [-0.25, -0.2) is 8.42 Å². The van der Waals surface area contributed by atoms with Gasteiger partial charge in [0.1, 0.15) is 5.75 Å². The minimum atomic E-state index is -3.41. The number of sulfonamides is 1. The summed E-state index contributed by atoms with van der Waals surface area (Å²) in [6, 6.07) is 6.63. The Bertz CT molecular complexity index is 690. The Labute approximate surface area is 151 Å². The average molecular weight is 365 g/mol. The van der Waals surface area contributed by atoms with Gasteiger partial charge >= 0.3 is 0 Å². The van der Waals surface area contributed by atoms with Crippen molar-refractivity contribution in [3.05, 3.63) is 35.9 Å². The Morgan fingerprint density at radius 3 is 2.36 bits per heavy atom. The molecule has 0 radical (unpaired) electrons. The van der Waals surface area contributed by atoms with E-state index >= 15 is 0 Å². The lowest BCUT2D eigenvalue weighted by atomic mass is 9.97. The molecule has 3 rings (SSSR count). The van der Waals surface area contributed by atoms with Gasteiger partial charge in [-0.3, -0.25) is 0 Å². The number of nitrogens with zero attached hydrogens (tertiary/aromatic N) is 2. The lowest BCUT2D eigenvalue weighted by molar-refractivity contribution is 0.189. The molecule has 1 aliphatic carbocycles. The molecule has 0 amide bonds. The smallest absolute Gasteiger partial charge is 0.243 e. The minimum Gasteiger partial charge on any atom is -0.497 e. The minimum absolute atomic E-state index is 0.342. The van der Waals surface area contributed by atoms with Crippen molar-refractivity contribution in [2.45, 2.75) is 37.0 Å². The summed E-state index contributed by atoms with van der Waals surface area (Å²) in [4.78, 5) is 2.73. The molecule has 5 nitrogen and oxygen atoms in total. The zero-order valence-corrected chi connectivity index (χ0v) is 15.8. The van der Waals surface area contributed by atoms with Gasteiger partial charge in [0.25, 0.3) is 0 Å². The van der Waals surface area contributed by atoms with Gasteiger partial charge < -0.3 is 9.64 Å². The van der Waals surface area contributed by atoms with Crippen LogP contribution in [-0.2, 0) is 10.0 Å². The van der Waals surface area contributed by atoms with Gasteiger partial charge in [-0.15, -0.1) is 0 Å². The van der Waals surface area contributed by atoms with Crippen LogP contribution in [0.3, 0.4) is 0 Å². The normalized spacial score (nSPS) is 20.3. The molecule has 138 valence electrons. The Morgan fingerprint density at radius 2 is 1.76 bits per heavy atom. The van der Waals surface area contributed by atoms with E-state index in [-0.39, 0.29) is 0 Å². The Balaban J connectivity index is 1.52. The fraction of sp³-hybridized carbons (Fsp3) is 0.579. The van der Waals surface area contributed by atoms with Gasteiger partial charge in [-0.2, -0.15) is 4.31 Å². The van der Waals surface area contributed by atoms with Crippen LogP contribution in [0.25, 0.3) is 0 Å². The number of hydrogen-bond acceptors (Lipinski definition) is 4. The molecular formula is C19H28N2O3S. The summed E-state index contributed by atoms with van der Waals surface area (Å²) in [7, 11) is -1.83. The molecule has 2 aliphatic rings. The highest BCUT2D eigenvalue weighted by Gasteiger charge is 2.28. The fourth-order valence-electron chi connectivity index (χ4n) is 3.52. The van der Waals surface area contributed by atoms with Gasteiger partial charge in [0.2, 0.25) is 10.0 Å². The molecule has 0 saturated carbocycles. The van der Waals surface area contributed by atoms with Gasteiger partial charge in [0, 0.05) is 32.7 Å². The van der Waals surface area contributed by atoms with E-state index in [4.69, 9.17) is 4.74 Å². The number of methoxy groups -OCH3 is 1. The van der Waals surface area contributed by atoms with Crippen LogP contribution in [0.2, 0.25) is 0 Å². The number of ether oxygens (including phenoxy) is 1. The molecule has 6 heteroatoms. The van der Waals surface area contributed by atoms with E-state index in [1.807, 2.05) is 0 Å². The largest absolute Gasteiger partial charge is 0.497 e. The fourth-order valence-corrected chi connectivity index (χ4v) is 4.95. The topological polar surface area (TPSA) is 49.9 Å².